The molecule has 0 aliphatic rings. The Hall–Kier alpha value is -2.57. The molecule has 0 saturated heterocycles. The van der Waals surface area contributed by atoms with Crippen LogP contribution in [0.25, 0.3) is 0 Å². The number of hydrogen-bond acceptors (Lipinski definition) is 4. The van der Waals surface area contributed by atoms with E-state index in [1.54, 1.807) is 6.07 Å². The molecule has 1 heterocycles. The summed E-state index contributed by atoms with van der Waals surface area (Å²) in [6.45, 7) is 0. The average Bonchev–Trinajstić information content (AvgIpc) is 2.35. The predicted octanol–water partition coefficient (Wildman–Crippen LogP) is 1.59. The number of nitrogen functional groups attached to an aromatic ring is 1. The Kier molecular flexibility index (Phi) is 3.13. The molecule has 0 saturated carbocycles. The van der Waals surface area contributed by atoms with Crippen molar-refractivity contribution in [3.8, 4) is 0 Å². The summed E-state index contributed by atoms with van der Waals surface area (Å²) in [4.78, 5) is 11.8. The van der Waals surface area contributed by atoms with E-state index in [2.05, 4.69) is 15.5 Å². The van der Waals surface area contributed by atoms with Crippen molar-refractivity contribution >= 4 is 17.4 Å². The molecule has 92 valence electrons. The maximum absolute atomic E-state index is 13.0. The fourth-order valence-corrected chi connectivity index (χ4v) is 1.31. The second-order valence-electron chi connectivity index (χ2n) is 3.42. The molecule has 0 bridgehead atoms. The molecular formula is C11H8F2N4O. The highest BCUT2D eigenvalue weighted by molar-refractivity contribution is 6.07. The molecule has 2 rings (SSSR count). The zero-order valence-electron chi connectivity index (χ0n) is 9.02. The van der Waals surface area contributed by atoms with E-state index in [0.717, 1.165) is 12.1 Å². The van der Waals surface area contributed by atoms with Crippen LogP contribution in [0.5, 0.6) is 0 Å². The Morgan fingerprint density at radius 2 is 2.00 bits per heavy atom. The minimum absolute atomic E-state index is 0.157. The van der Waals surface area contributed by atoms with E-state index in [-0.39, 0.29) is 17.1 Å². The first-order valence-electron chi connectivity index (χ1n) is 4.91. The van der Waals surface area contributed by atoms with Crippen LogP contribution in [-0.2, 0) is 0 Å². The van der Waals surface area contributed by atoms with E-state index in [0.29, 0.717) is 0 Å². The highest BCUT2D eigenvalue weighted by Gasteiger charge is 2.14. The lowest BCUT2D eigenvalue weighted by atomic mass is 10.1. The minimum atomic E-state index is -1.14. The molecule has 1 amide bonds. The summed E-state index contributed by atoms with van der Waals surface area (Å²) in [5.74, 6) is -2.75. The number of aromatic nitrogens is 2. The quantitative estimate of drug-likeness (QED) is 0.793. The number of carbonyl (C=O) groups excluding carboxylic acids is 1. The van der Waals surface area contributed by atoms with Crippen LogP contribution in [0.3, 0.4) is 0 Å². The standard InChI is InChI=1S/C11H8F2N4O/c12-7-4-6(9(14)5-8(7)13)11(18)16-10-2-1-3-15-17-10/h1-5H,14H2,(H,16,17,18). The van der Waals surface area contributed by atoms with Crippen molar-refractivity contribution in [3.05, 3.63) is 47.7 Å². The van der Waals surface area contributed by atoms with Crippen LogP contribution in [0.2, 0.25) is 0 Å². The van der Waals surface area contributed by atoms with Gasteiger partial charge in [0.1, 0.15) is 0 Å². The van der Waals surface area contributed by atoms with Crippen LogP contribution >= 0.6 is 0 Å². The first-order chi connectivity index (χ1) is 8.58. The van der Waals surface area contributed by atoms with Crippen molar-refractivity contribution in [3.63, 3.8) is 0 Å². The van der Waals surface area contributed by atoms with E-state index in [1.807, 2.05) is 0 Å². The lowest BCUT2D eigenvalue weighted by Crippen LogP contribution is -2.15. The number of rotatable bonds is 2. The molecule has 3 N–H and O–H groups in total. The second-order valence-corrected chi connectivity index (χ2v) is 3.42. The first kappa shape index (κ1) is 11.9. The van der Waals surface area contributed by atoms with Gasteiger partial charge in [-0.15, -0.1) is 5.10 Å². The van der Waals surface area contributed by atoms with E-state index >= 15 is 0 Å². The van der Waals surface area contributed by atoms with E-state index in [1.165, 1.54) is 12.3 Å². The predicted molar refractivity (Wildman–Crippen MR) is 60.8 cm³/mol. The summed E-state index contributed by atoms with van der Waals surface area (Å²) >= 11 is 0. The van der Waals surface area contributed by atoms with Crippen molar-refractivity contribution in [2.75, 3.05) is 11.1 Å². The van der Waals surface area contributed by atoms with E-state index in [9.17, 15) is 13.6 Å². The average molecular weight is 250 g/mol. The van der Waals surface area contributed by atoms with Crippen LogP contribution in [-0.4, -0.2) is 16.1 Å². The number of nitrogens with two attached hydrogens (primary N) is 1. The molecule has 0 aliphatic heterocycles. The molecule has 2 aromatic rings. The monoisotopic (exact) mass is 250 g/mol. The Bertz CT molecular complexity index is 589. The lowest BCUT2D eigenvalue weighted by molar-refractivity contribution is 0.102. The SMILES string of the molecule is Nc1cc(F)c(F)cc1C(=O)Nc1cccnn1. The molecule has 0 aliphatic carbocycles. The lowest BCUT2D eigenvalue weighted by Gasteiger charge is -2.06. The van der Waals surface area contributed by atoms with Gasteiger partial charge in [0.15, 0.2) is 17.5 Å². The third-order valence-electron chi connectivity index (χ3n) is 2.15. The summed E-state index contributed by atoms with van der Waals surface area (Å²) in [6, 6.07) is 4.55. The molecule has 5 nitrogen and oxygen atoms in total. The van der Waals surface area contributed by atoms with Gasteiger partial charge in [0.05, 0.1) is 5.56 Å². The molecular weight excluding hydrogens is 242 g/mol. The summed E-state index contributed by atoms with van der Waals surface area (Å²) in [5.41, 5.74) is 5.12. The van der Waals surface area contributed by atoms with Crippen molar-refractivity contribution in [2.45, 2.75) is 0 Å². The van der Waals surface area contributed by atoms with E-state index < -0.39 is 17.5 Å². The topological polar surface area (TPSA) is 80.9 Å². The van der Waals surface area contributed by atoms with Crippen LogP contribution in [0.1, 0.15) is 10.4 Å². The highest BCUT2D eigenvalue weighted by Crippen LogP contribution is 2.18. The number of hydrogen-bond donors (Lipinski definition) is 2. The second kappa shape index (κ2) is 4.74. The number of halogens is 2. The van der Waals surface area contributed by atoms with Gasteiger partial charge in [0, 0.05) is 18.0 Å². The fraction of sp³-hybridized carbons (Fsp3) is 0. The molecule has 7 heteroatoms. The number of carbonyl (C=O) groups is 1. The third-order valence-corrected chi connectivity index (χ3v) is 2.15. The molecule has 0 unspecified atom stereocenters. The zero-order chi connectivity index (χ0) is 13.1. The van der Waals surface area contributed by atoms with Gasteiger partial charge >= 0.3 is 0 Å². The smallest absolute Gasteiger partial charge is 0.259 e. The Labute approximate surface area is 101 Å². The zero-order valence-corrected chi connectivity index (χ0v) is 9.02. The van der Waals surface area contributed by atoms with Gasteiger partial charge in [-0.25, -0.2) is 8.78 Å². The van der Waals surface area contributed by atoms with Gasteiger partial charge in [-0.1, -0.05) is 0 Å². The van der Waals surface area contributed by atoms with Crippen molar-refractivity contribution in [1.82, 2.24) is 10.2 Å². The number of anilines is 2. The van der Waals surface area contributed by atoms with Gasteiger partial charge in [-0.05, 0) is 18.2 Å². The number of benzene rings is 1. The Balaban J connectivity index is 2.27. The Morgan fingerprint density at radius 1 is 1.28 bits per heavy atom. The van der Waals surface area contributed by atoms with E-state index in [4.69, 9.17) is 5.73 Å². The summed E-state index contributed by atoms with van der Waals surface area (Å²) in [6.07, 6.45) is 1.43. The first-order valence-corrected chi connectivity index (χ1v) is 4.91. The van der Waals surface area contributed by atoms with Crippen molar-refractivity contribution < 1.29 is 13.6 Å². The van der Waals surface area contributed by atoms with Crippen LogP contribution in [0.15, 0.2) is 30.5 Å². The van der Waals surface area contributed by atoms with Gasteiger partial charge in [-0.3, -0.25) is 4.79 Å². The molecule has 0 spiro atoms. The summed E-state index contributed by atoms with van der Waals surface area (Å²) in [7, 11) is 0. The highest BCUT2D eigenvalue weighted by atomic mass is 19.2. The summed E-state index contributed by atoms with van der Waals surface area (Å²) in [5, 5.41) is 9.54. The molecule has 0 fully saturated rings. The molecule has 1 aromatic heterocycles. The number of nitrogens with one attached hydrogen (secondary N) is 1. The van der Waals surface area contributed by atoms with Gasteiger partial charge in [0.2, 0.25) is 0 Å². The van der Waals surface area contributed by atoms with Crippen molar-refractivity contribution in [2.24, 2.45) is 0 Å². The number of nitrogens with zero attached hydrogens (tertiary/aromatic N) is 2. The maximum atomic E-state index is 13.0. The Morgan fingerprint density at radius 3 is 2.67 bits per heavy atom. The van der Waals surface area contributed by atoms with Gasteiger partial charge < -0.3 is 11.1 Å². The fourth-order valence-electron chi connectivity index (χ4n) is 1.31. The van der Waals surface area contributed by atoms with Crippen LogP contribution in [0, 0.1) is 11.6 Å². The molecule has 18 heavy (non-hydrogen) atoms. The maximum Gasteiger partial charge on any atom is 0.259 e. The largest absolute Gasteiger partial charge is 0.398 e. The third kappa shape index (κ3) is 2.40. The van der Waals surface area contributed by atoms with Crippen LogP contribution < -0.4 is 11.1 Å². The van der Waals surface area contributed by atoms with Crippen molar-refractivity contribution in [1.29, 1.82) is 0 Å². The van der Waals surface area contributed by atoms with Gasteiger partial charge in [-0.2, -0.15) is 5.10 Å². The molecule has 0 atom stereocenters. The minimum Gasteiger partial charge on any atom is -0.398 e. The van der Waals surface area contributed by atoms with Crippen LogP contribution in [0.4, 0.5) is 20.3 Å². The van der Waals surface area contributed by atoms with Gasteiger partial charge in [0.25, 0.3) is 5.91 Å². The summed E-state index contributed by atoms with van der Waals surface area (Å²) < 4.78 is 25.9. The normalized spacial score (nSPS) is 10.1. The number of amides is 1. The molecule has 0 radical (unpaired) electrons. The molecule has 1 aromatic carbocycles.